The Morgan fingerprint density at radius 1 is 1.17 bits per heavy atom. The lowest BCUT2D eigenvalue weighted by atomic mass is 9.96. The maximum absolute atomic E-state index is 13.1. The third kappa shape index (κ3) is 4.55. The molecule has 128 valence electrons. The van der Waals surface area contributed by atoms with Crippen molar-refractivity contribution < 1.29 is 19.4 Å². The van der Waals surface area contributed by atoms with Gasteiger partial charge in [-0.3, -0.25) is 9.59 Å². The molecule has 1 rings (SSSR count). The van der Waals surface area contributed by atoms with Crippen molar-refractivity contribution in [1.29, 1.82) is 0 Å². The molecule has 0 spiro atoms. The highest BCUT2D eigenvalue weighted by Crippen LogP contribution is 2.31. The molecule has 0 aliphatic carbocycles. The summed E-state index contributed by atoms with van der Waals surface area (Å²) in [5, 5.41) is 10.4. The second-order valence-corrected chi connectivity index (χ2v) is 6.25. The van der Waals surface area contributed by atoms with Crippen molar-refractivity contribution in [1.82, 2.24) is 4.90 Å². The molecule has 0 saturated carbocycles. The topological polar surface area (TPSA) is 66.8 Å². The van der Waals surface area contributed by atoms with E-state index in [2.05, 4.69) is 0 Å². The zero-order chi connectivity index (χ0) is 17.7. The van der Waals surface area contributed by atoms with Crippen molar-refractivity contribution in [2.75, 3.05) is 7.11 Å². The van der Waals surface area contributed by atoms with Crippen molar-refractivity contribution >= 4 is 11.7 Å². The molecular formula is C18H27NO4. The molecular weight excluding hydrogens is 294 g/mol. The summed E-state index contributed by atoms with van der Waals surface area (Å²) in [5.41, 5.74) is 0.752. The fourth-order valence-electron chi connectivity index (χ4n) is 2.80. The monoisotopic (exact) mass is 321 g/mol. The molecule has 0 aliphatic rings. The van der Waals surface area contributed by atoms with Gasteiger partial charge >= 0.3 is 0 Å². The molecule has 0 aromatic heterocycles. The first-order valence-corrected chi connectivity index (χ1v) is 7.87. The van der Waals surface area contributed by atoms with Crippen LogP contribution in [0.25, 0.3) is 0 Å². The first kappa shape index (κ1) is 19.2. The van der Waals surface area contributed by atoms with Crippen LogP contribution in [0, 0.1) is 0 Å². The molecule has 0 aliphatic heterocycles. The van der Waals surface area contributed by atoms with Crippen molar-refractivity contribution in [2.45, 2.75) is 59.2 Å². The van der Waals surface area contributed by atoms with Gasteiger partial charge in [-0.2, -0.15) is 0 Å². The molecule has 1 N–H and O–H groups in total. The Hall–Kier alpha value is -1.88. The highest BCUT2D eigenvalue weighted by atomic mass is 16.5. The van der Waals surface area contributed by atoms with Gasteiger partial charge in [-0.15, -0.1) is 0 Å². The largest absolute Gasteiger partial charge is 0.496 e. The SMILES string of the molecule is COc1cccc([C@H](O)CC(C)=O)c1C(=O)N(C(C)C)C(C)C. The van der Waals surface area contributed by atoms with Crippen molar-refractivity contribution in [3.8, 4) is 5.75 Å². The van der Waals surface area contributed by atoms with Crippen molar-refractivity contribution in [2.24, 2.45) is 0 Å². The van der Waals surface area contributed by atoms with Crippen LogP contribution in [0.5, 0.6) is 5.75 Å². The number of amides is 1. The molecule has 5 nitrogen and oxygen atoms in total. The van der Waals surface area contributed by atoms with Crippen LogP contribution in [0.1, 0.15) is 63.1 Å². The lowest BCUT2D eigenvalue weighted by Gasteiger charge is -2.32. The lowest BCUT2D eigenvalue weighted by Crippen LogP contribution is -2.42. The Morgan fingerprint density at radius 2 is 1.74 bits per heavy atom. The van der Waals surface area contributed by atoms with Crippen LogP contribution in [0.2, 0.25) is 0 Å². The molecule has 1 amide bonds. The molecule has 23 heavy (non-hydrogen) atoms. The van der Waals surface area contributed by atoms with Crippen LogP contribution in [-0.2, 0) is 4.79 Å². The number of carbonyl (C=O) groups is 2. The molecule has 0 heterocycles. The smallest absolute Gasteiger partial charge is 0.258 e. The number of nitrogens with zero attached hydrogens (tertiary/aromatic N) is 1. The van der Waals surface area contributed by atoms with Gasteiger partial charge in [-0.25, -0.2) is 0 Å². The summed E-state index contributed by atoms with van der Waals surface area (Å²) in [7, 11) is 1.49. The maximum Gasteiger partial charge on any atom is 0.258 e. The molecule has 1 atom stereocenters. The van der Waals surface area contributed by atoms with Gasteiger partial charge in [0.15, 0.2) is 0 Å². The molecule has 1 aromatic carbocycles. The standard InChI is InChI=1S/C18H27NO4/c1-11(2)19(12(3)4)18(22)17-14(15(21)10-13(5)20)8-7-9-16(17)23-6/h7-9,11-12,15,21H,10H2,1-6H3/t15-/m1/s1. The van der Waals surface area contributed by atoms with Crippen LogP contribution in [0.4, 0.5) is 0 Å². The van der Waals surface area contributed by atoms with E-state index in [1.807, 2.05) is 27.7 Å². The number of ether oxygens (including phenoxy) is 1. The number of Topliss-reactive ketones (excluding diaryl/α,β-unsaturated/α-hetero) is 1. The number of rotatable bonds is 7. The quantitative estimate of drug-likeness (QED) is 0.838. The summed E-state index contributed by atoms with van der Waals surface area (Å²) in [6, 6.07) is 5.08. The van der Waals surface area contributed by atoms with Gasteiger partial charge in [0, 0.05) is 18.5 Å². The third-order valence-electron chi connectivity index (χ3n) is 3.68. The lowest BCUT2D eigenvalue weighted by molar-refractivity contribution is -0.118. The Labute approximate surface area is 138 Å². The van der Waals surface area contributed by atoms with Gasteiger partial charge in [0.25, 0.3) is 5.91 Å². The summed E-state index contributed by atoms with van der Waals surface area (Å²) < 4.78 is 5.33. The van der Waals surface area contributed by atoms with E-state index >= 15 is 0 Å². The van der Waals surface area contributed by atoms with Crippen LogP contribution in [0.15, 0.2) is 18.2 Å². The summed E-state index contributed by atoms with van der Waals surface area (Å²) in [4.78, 5) is 26.1. The predicted octanol–water partition coefficient (Wildman–Crippen LogP) is 2.97. The molecule has 0 bridgehead atoms. The average Bonchev–Trinajstić information content (AvgIpc) is 2.44. The predicted molar refractivity (Wildman–Crippen MR) is 89.7 cm³/mol. The van der Waals surface area contributed by atoms with Gasteiger partial charge in [0.05, 0.1) is 18.8 Å². The summed E-state index contributed by atoms with van der Waals surface area (Å²) >= 11 is 0. The molecule has 5 heteroatoms. The van der Waals surface area contributed by atoms with Crippen LogP contribution in [0.3, 0.4) is 0 Å². The maximum atomic E-state index is 13.1. The van der Waals surface area contributed by atoms with E-state index in [9.17, 15) is 14.7 Å². The number of benzene rings is 1. The van der Waals surface area contributed by atoms with Gasteiger partial charge in [0.2, 0.25) is 0 Å². The van der Waals surface area contributed by atoms with Crippen LogP contribution < -0.4 is 4.74 Å². The minimum absolute atomic E-state index is 0.00483. The number of aliphatic hydroxyl groups excluding tert-OH is 1. The number of carbonyl (C=O) groups excluding carboxylic acids is 2. The number of aliphatic hydroxyl groups is 1. The van der Waals surface area contributed by atoms with E-state index in [1.54, 1.807) is 23.1 Å². The number of methoxy groups -OCH3 is 1. The normalized spacial score (nSPS) is 12.4. The van der Waals surface area contributed by atoms with E-state index in [1.165, 1.54) is 14.0 Å². The van der Waals surface area contributed by atoms with E-state index in [0.29, 0.717) is 16.9 Å². The minimum atomic E-state index is -1.03. The van der Waals surface area contributed by atoms with E-state index < -0.39 is 6.10 Å². The van der Waals surface area contributed by atoms with Crippen LogP contribution in [-0.4, -0.2) is 40.9 Å². The Balaban J connectivity index is 3.42. The zero-order valence-electron chi connectivity index (χ0n) is 14.8. The summed E-state index contributed by atoms with van der Waals surface area (Å²) in [6.07, 6.45) is -1.06. The van der Waals surface area contributed by atoms with E-state index in [0.717, 1.165) is 0 Å². The van der Waals surface area contributed by atoms with Gasteiger partial charge in [-0.05, 0) is 46.2 Å². The average molecular weight is 321 g/mol. The first-order chi connectivity index (χ1) is 10.7. The van der Waals surface area contributed by atoms with Gasteiger partial charge in [-0.1, -0.05) is 12.1 Å². The Kier molecular flexibility index (Phi) is 6.76. The van der Waals surface area contributed by atoms with Crippen molar-refractivity contribution in [3.05, 3.63) is 29.3 Å². The first-order valence-electron chi connectivity index (χ1n) is 7.87. The third-order valence-corrected chi connectivity index (χ3v) is 3.68. The second-order valence-electron chi connectivity index (χ2n) is 6.25. The summed E-state index contributed by atoms with van der Waals surface area (Å²) in [5.74, 6) is 0.0646. The Morgan fingerprint density at radius 3 is 2.17 bits per heavy atom. The minimum Gasteiger partial charge on any atom is -0.496 e. The second kappa shape index (κ2) is 8.11. The van der Waals surface area contributed by atoms with Crippen LogP contribution >= 0.6 is 0 Å². The summed E-state index contributed by atoms with van der Waals surface area (Å²) in [6.45, 7) is 9.19. The molecule has 0 radical (unpaired) electrons. The molecule has 0 fully saturated rings. The van der Waals surface area contributed by atoms with Crippen molar-refractivity contribution in [3.63, 3.8) is 0 Å². The molecule has 0 unspecified atom stereocenters. The van der Waals surface area contributed by atoms with Gasteiger partial charge in [0.1, 0.15) is 11.5 Å². The fourth-order valence-corrected chi connectivity index (χ4v) is 2.80. The number of hydrogen-bond donors (Lipinski definition) is 1. The molecule has 1 aromatic rings. The van der Waals surface area contributed by atoms with E-state index in [-0.39, 0.29) is 30.2 Å². The highest BCUT2D eigenvalue weighted by molar-refractivity contribution is 5.99. The Bertz CT molecular complexity index is 558. The van der Waals surface area contributed by atoms with E-state index in [4.69, 9.17) is 4.74 Å². The number of hydrogen-bond acceptors (Lipinski definition) is 4. The highest BCUT2D eigenvalue weighted by Gasteiger charge is 2.29. The number of ketones is 1. The van der Waals surface area contributed by atoms with Gasteiger partial charge < -0.3 is 14.7 Å². The fraction of sp³-hybridized carbons (Fsp3) is 0.556. The molecule has 0 saturated heterocycles. The zero-order valence-corrected chi connectivity index (χ0v) is 14.8.